The Morgan fingerprint density at radius 2 is 1.27 bits per heavy atom. The molecule has 0 saturated carbocycles. The molecule has 1 N–H and O–H groups in total. The highest BCUT2D eigenvalue weighted by molar-refractivity contribution is 6.48. The van der Waals surface area contributed by atoms with Gasteiger partial charge in [-0.15, -0.1) is 0 Å². The second-order valence-electron chi connectivity index (χ2n) is 14.6. The predicted molar refractivity (Wildman–Crippen MR) is 181 cm³/mol. The molecule has 226 valence electrons. The Hall–Kier alpha value is -1.77. The molecule has 0 aliphatic rings. The van der Waals surface area contributed by atoms with Crippen molar-refractivity contribution in [3.05, 3.63) is 88.5 Å². The fraction of sp³-hybridized carbons (Fsp3) is 0.556. The summed E-state index contributed by atoms with van der Waals surface area (Å²) in [6, 6.07) is 15.8. The summed E-state index contributed by atoms with van der Waals surface area (Å²) in [5.41, 5.74) is 6.74. The number of hydrogen-bond donors (Lipinski definition) is 1. The van der Waals surface area contributed by atoms with Crippen molar-refractivity contribution < 1.29 is 14.0 Å². The number of allylic oxidation sites excluding steroid dienone is 3. The molecule has 2 aromatic rings. The lowest BCUT2D eigenvalue weighted by Crippen LogP contribution is -2.31. The molecule has 3 nitrogen and oxygen atoms in total. The summed E-state index contributed by atoms with van der Waals surface area (Å²) in [6.07, 6.45) is 7.77. The van der Waals surface area contributed by atoms with E-state index in [4.69, 9.17) is 8.85 Å². The molecule has 5 heteroatoms. The van der Waals surface area contributed by atoms with Crippen molar-refractivity contribution in [3.63, 3.8) is 0 Å². The van der Waals surface area contributed by atoms with E-state index in [0.29, 0.717) is 0 Å². The van der Waals surface area contributed by atoms with Crippen LogP contribution >= 0.6 is 0 Å². The molecule has 0 aromatic heterocycles. The SMILES string of the molecule is C/C(=C\C=C\C(C)(C)O)c1cccc(CCc2ccc(C(O[Si](C)C)C(C)(C)C)c(C(O[Si](C)C)C(C)(C)C)c2)c1. The molecular formula is C36H56O3Si2. The first-order valence-corrected chi connectivity index (χ1v) is 19.8. The van der Waals surface area contributed by atoms with E-state index in [1.807, 2.05) is 12.2 Å². The molecule has 0 fully saturated rings. The summed E-state index contributed by atoms with van der Waals surface area (Å²) in [4.78, 5) is 0. The van der Waals surface area contributed by atoms with E-state index in [1.54, 1.807) is 13.8 Å². The molecule has 0 amide bonds. The highest BCUT2D eigenvalue weighted by Gasteiger charge is 2.36. The third-order valence-electron chi connectivity index (χ3n) is 6.93. The van der Waals surface area contributed by atoms with Gasteiger partial charge in [-0.3, -0.25) is 0 Å². The van der Waals surface area contributed by atoms with Crippen LogP contribution in [0.15, 0.2) is 60.7 Å². The zero-order valence-corrected chi connectivity index (χ0v) is 30.1. The van der Waals surface area contributed by atoms with Crippen LogP contribution in [-0.4, -0.2) is 28.8 Å². The Morgan fingerprint density at radius 3 is 1.76 bits per heavy atom. The van der Waals surface area contributed by atoms with Crippen molar-refractivity contribution in [3.8, 4) is 0 Å². The third-order valence-corrected chi connectivity index (χ3v) is 8.35. The summed E-state index contributed by atoms with van der Waals surface area (Å²) in [5.74, 6) is 0. The Kier molecular flexibility index (Phi) is 12.6. The Balaban J connectivity index is 2.47. The van der Waals surface area contributed by atoms with Gasteiger partial charge in [-0.1, -0.05) is 102 Å². The maximum atomic E-state index is 9.96. The molecule has 0 heterocycles. The maximum absolute atomic E-state index is 9.96. The molecule has 0 bridgehead atoms. The van der Waals surface area contributed by atoms with Gasteiger partial charge in [0.2, 0.25) is 18.1 Å². The predicted octanol–water partition coefficient (Wildman–Crippen LogP) is 9.91. The smallest absolute Gasteiger partial charge is 0.205 e. The van der Waals surface area contributed by atoms with Crippen LogP contribution in [-0.2, 0) is 21.7 Å². The topological polar surface area (TPSA) is 38.7 Å². The molecule has 2 rings (SSSR count). The normalized spacial score (nSPS) is 15.3. The van der Waals surface area contributed by atoms with Gasteiger partial charge in [0, 0.05) is 0 Å². The van der Waals surface area contributed by atoms with E-state index in [2.05, 4.69) is 123 Å². The van der Waals surface area contributed by atoms with E-state index in [0.717, 1.165) is 12.8 Å². The fourth-order valence-corrected chi connectivity index (χ4v) is 6.82. The van der Waals surface area contributed by atoms with Gasteiger partial charge in [-0.2, -0.15) is 0 Å². The maximum Gasteiger partial charge on any atom is 0.205 e. The van der Waals surface area contributed by atoms with E-state index < -0.39 is 23.7 Å². The molecular weight excluding hydrogens is 537 g/mol. The van der Waals surface area contributed by atoms with Crippen molar-refractivity contribution in [1.29, 1.82) is 0 Å². The second-order valence-corrected chi connectivity index (χ2v) is 18.7. The summed E-state index contributed by atoms with van der Waals surface area (Å²) in [5, 5.41) is 9.96. The van der Waals surface area contributed by atoms with E-state index in [1.165, 1.54) is 33.4 Å². The molecule has 0 spiro atoms. The highest BCUT2D eigenvalue weighted by atomic mass is 28.3. The third kappa shape index (κ3) is 11.8. The Morgan fingerprint density at radius 1 is 0.756 bits per heavy atom. The van der Waals surface area contributed by atoms with Crippen molar-refractivity contribution in [1.82, 2.24) is 0 Å². The van der Waals surface area contributed by atoms with E-state index in [9.17, 15) is 5.11 Å². The van der Waals surface area contributed by atoms with Crippen molar-refractivity contribution >= 4 is 23.7 Å². The van der Waals surface area contributed by atoms with Gasteiger partial charge in [0.15, 0.2) is 0 Å². The average Bonchev–Trinajstić information content (AvgIpc) is 2.82. The summed E-state index contributed by atoms with van der Waals surface area (Å²) in [6.45, 7) is 28.3. The first-order valence-electron chi connectivity index (χ1n) is 15.0. The average molecular weight is 593 g/mol. The highest BCUT2D eigenvalue weighted by Crippen LogP contribution is 2.45. The van der Waals surface area contributed by atoms with E-state index in [-0.39, 0.29) is 23.0 Å². The van der Waals surface area contributed by atoms with Crippen LogP contribution in [0.2, 0.25) is 26.2 Å². The molecule has 2 atom stereocenters. The van der Waals surface area contributed by atoms with Crippen molar-refractivity contribution in [2.75, 3.05) is 0 Å². The number of aryl methyl sites for hydroxylation is 2. The lowest BCUT2D eigenvalue weighted by atomic mass is 9.77. The molecule has 41 heavy (non-hydrogen) atoms. The van der Waals surface area contributed by atoms with Crippen LogP contribution in [0.25, 0.3) is 5.57 Å². The minimum atomic E-state index is -0.916. The van der Waals surface area contributed by atoms with Gasteiger partial charge in [0.1, 0.15) is 0 Å². The van der Waals surface area contributed by atoms with Gasteiger partial charge in [0.05, 0.1) is 17.8 Å². The van der Waals surface area contributed by atoms with Crippen molar-refractivity contribution in [2.45, 2.75) is 119 Å². The lowest BCUT2D eigenvalue weighted by Gasteiger charge is -2.39. The van der Waals surface area contributed by atoms with Crippen LogP contribution in [0.1, 0.15) is 102 Å². The second kappa shape index (κ2) is 14.6. The molecule has 2 unspecified atom stereocenters. The fourth-order valence-electron chi connectivity index (χ4n) is 4.92. The number of hydrogen-bond acceptors (Lipinski definition) is 3. The van der Waals surface area contributed by atoms with Crippen molar-refractivity contribution in [2.24, 2.45) is 10.8 Å². The van der Waals surface area contributed by atoms with Crippen LogP contribution in [0.3, 0.4) is 0 Å². The van der Waals surface area contributed by atoms with Gasteiger partial charge in [-0.25, -0.2) is 0 Å². The largest absolute Gasteiger partial charge is 0.410 e. The number of benzene rings is 2. The monoisotopic (exact) mass is 592 g/mol. The van der Waals surface area contributed by atoms with Crippen LogP contribution in [0.4, 0.5) is 0 Å². The molecule has 2 aromatic carbocycles. The molecule has 0 aliphatic heterocycles. The lowest BCUT2D eigenvalue weighted by molar-refractivity contribution is 0.0655. The van der Waals surface area contributed by atoms with Gasteiger partial charge in [0.25, 0.3) is 0 Å². The minimum absolute atomic E-state index is 0.00670. The summed E-state index contributed by atoms with van der Waals surface area (Å²) < 4.78 is 13.4. The number of rotatable bonds is 12. The number of aliphatic hydroxyl groups is 1. The first-order chi connectivity index (χ1) is 18.8. The van der Waals surface area contributed by atoms with Crippen LogP contribution in [0.5, 0.6) is 0 Å². The van der Waals surface area contributed by atoms with Crippen LogP contribution < -0.4 is 0 Å². The Bertz CT molecular complexity index is 1170. The summed E-state index contributed by atoms with van der Waals surface area (Å²) >= 11 is 0. The van der Waals surface area contributed by atoms with Gasteiger partial charge < -0.3 is 14.0 Å². The summed E-state index contributed by atoms with van der Waals surface area (Å²) in [7, 11) is -1.81. The molecule has 0 saturated heterocycles. The zero-order chi connectivity index (χ0) is 31.2. The van der Waals surface area contributed by atoms with Crippen LogP contribution in [0, 0.1) is 10.8 Å². The van der Waals surface area contributed by atoms with E-state index >= 15 is 0 Å². The standard InChI is InChI=1S/C36H56O3Si2/c1-26(16-15-23-36(8,9)37)29-18-14-17-27(24-29)19-20-28-21-22-30(32(34(2,3)4)38-40(10)11)31(25-28)33(35(5,6)7)39-41(12)13/h14-18,21-25,32-33,37H,19-20H2,1-13H3/b23-15+,26-16+. The van der Waals surface area contributed by atoms with Gasteiger partial charge in [-0.05, 0) is 104 Å². The molecule has 0 aliphatic carbocycles. The Labute approximate surface area is 255 Å². The molecule has 2 radical (unpaired) electrons. The minimum Gasteiger partial charge on any atom is -0.410 e. The first kappa shape index (κ1) is 35.4. The van der Waals surface area contributed by atoms with Gasteiger partial charge >= 0.3 is 0 Å². The quantitative estimate of drug-likeness (QED) is 0.197. The zero-order valence-electron chi connectivity index (χ0n) is 28.1.